The molecule has 0 fully saturated rings. The van der Waals surface area contributed by atoms with Crippen LogP contribution in [0.25, 0.3) is 0 Å². The molecule has 2 aromatic rings. The van der Waals surface area contributed by atoms with Crippen molar-refractivity contribution in [1.29, 1.82) is 0 Å². The lowest BCUT2D eigenvalue weighted by molar-refractivity contribution is -0.141. The van der Waals surface area contributed by atoms with Crippen LogP contribution < -0.4 is 0 Å². The molecule has 0 spiro atoms. The molecule has 21 heavy (non-hydrogen) atoms. The summed E-state index contributed by atoms with van der Waals surface area (Å²) in [6.07, 6.45) is -0.754. The van der Waals surface area contributed by atoms with Gasteiger partial charge >= 0.3 is 5.97 Å². The van der Waals surface area contributed by atoms with Gasteiger partial charge in [-0.3, -0.25) is 4.79 Å². The van der Waals surface area contributed by atoms with E-state index in [0.717, 1.165) is 5.56 Å². The number of carboxylic acids is 1. The Morgan fingerprint density at radius 3 is 2.38 bits per heavy atom. The molecule has 110 valence electrons. The first-order valence-electron chi connectivity index (χ1n) is 6.63. The number of benzene rings is 2. The second-order valence-corrected chi connectivity index (χ2v) is 5.08. The number of aryl methyl sites for hydroxylation is 1. The van der Waals surface area contributed by atoms with Crippen LogP contribution in [0, 0.1) is 6.92 Å². The molecule has 0 aliphatic carbocycles. The van der Waals surface area contributed by atoms with Gasteiger partial charge in [0, 0.05) is 12.0 Å². The quantitative estimate of drug-likeness (QED) is 0.889. The summed E-state index contributed by atoms with van der Waals surface area (Å²) in [4.78, 5) is 11.4. The summed E-state index contributed by atoms with van der Waals surface area (Å²) in [7, 11) is 0. The maximum absolute atomic E-state index is 14.3. The fourth-order valence-electron chi connectivity index (χ4n) is 2.29. The summed E-state index contributed by atoms with van der Waals surface area (Å²) in [6.45, 7) is 1.80. The Bertz CT molecular complexity index is 624. The van der Waals surface area contributed by atoms with E-state index in [9.17, 15) is 18.7 Å². The number of carbonyl (C=O) groups is 1. The molecule has 0 bridgehead atoms. The molecule has 4 heteroatoms. The second kappa shape index (κ2) is 6.04. The molecule has 1 unspecified atom stereocenters. The van der Waals surface area contributed by atoms with E-state index in [4.69, 9.17) is 0 Å². The Morgan fingerprint density at radius 1 is 1.14 bits per heavy atom. The first kappa shape index (κ1) is 15.2. The highest BCUT2D eigenvalue weighted by molar-refractivity contribution is 5.76. The van der Waals surface area contributed by atoms with E-state index < -0.39 is 24.2 Å². The van der Waals surface area contributed by atoms with Crippen molar-refractivity contribution in [3.05, 3.63) is 71.3 Å². The molecule has 2 aromatic carbocycles. The molecule has 1 atom stereocenters. The molecule has 2 nitrogen and oxygen atoms in total. The average Bonchev–Trinajstić information content (AvgIpc) is 2.45. The van der Waals surface area contributed by atoms with Crippen LogP contribution in [0.15, 0.2) is 54.6 Å². The molecule has 0 aliphatic rings. The molecule has 0 saturated carbocycles. The first-order valence-corrected chi connectivity index (χ1v) is 6.63. The number of hydrogen-bond donors (Lipinski definition) is 1. The van der Waals surface area contributed by atoms with E-state index in [1.54, 1.807) is 37.3 Å². The lowest BCUT2D eigenvalue weighted by atomic mass is 9.89. The maximum atomic E-state index is 14.3. The lowest BCUT2D eigenvalue weighted by Crippen LogP contribution is -2.22. The maximum Gasteiger partial charge on any atom is 0.311 e. The smallest absolute Gasteiger partial charge is 0.311 e. The van der Waals surface area contributed by atoms with E-state index in [0.29, 0.717) is 5.56 Å². The molecular weight excluding hydrogens is 274 g/mol. The van der Waals surface area contributed by atoms with Gasteiger partial charge in [0.25, 0.3) is 5.92 Å². The van der Waals surface area contributed by atoms with Crippen LogP contribution >= 0.6 is 0 Å². The molecule has 0 saturated heterocycles. The van der Waals surface area contributed by atoms with Crippen LogP contribution in [-0.2, 0) is 10.7 Å². The van der Waals surface area contributed by atoms with Crippen LogP contribution in [-0.4, -0.2) is 11.1 Å². The third-order valence-corrected chi connectivity index (χ3v) is 3.40. The SMILES string of the molecule is Cc1cccc(C(CC(F)(F)c2ccccc2)C(=O)O)c1. The van der Waals surface area contributed by atoms with Gasteiger partial charge < -0.3 is 5.11 Å². The van der Waals surface area contributed by atoms with Gasteiger partial charge in [-0.25, -0.2) is 8.78 Å². The summed E-state index contributed by atoms with van der Waals surface area (Å²) in [5, 5.41) is 9.29. The largest absolute Gasteiger partial charge is 0.481 e. The van der Waals surface area contributed by atoms with Crippen molar-refractivity contribution < 1.29 is 18.7 Å². The van der Waals surface area contributed by atoms with Gasteiger partial charge in [0.15, 0.2) is 0 Å². The van der Waals surface area contributed by atoms with Crippen molar-refractivity contribution in [2.45, 2.75) is 25.2 Å². The topological polar surface area (TPSA) is 37.3 Å². The van der Waals surface area contributed by atoms with Crippen molar-refractivity contribution in [3.8, 4) is 0 Å². The predicted molar refractivity (Wildman–Crippen MR) is 76.5 cm³/mol. The van der Waals surface area contributed by atoms with Gasteiger partial charge in [0.1, 0.15) is 0 Å². The zero-order valence-corrected chi connectivity index (χ0v) is 11.6. The highest BCUT2D eigenvalue weighted by Gasteiger charge is 2.38. The van der Waals surface area contributed by atoms with Crippen LogP contribution in [0.5, 0.6) is 0 Å². The molecule has 0 amide bonds. The standard InChI is InChI=1S/C17H16F2O2/c1-12-6-5-7-13(10-12)15(16(20)21)11-17(18,19)14-8-3-2-4-9-14/h2-10,15H,11H2,1H3,(H,20,21). The van der Waals surface area contributed by atoms with Crippen molar-refractivity contribution >= 4 is 5.97 Å². The van der Waals surface area contributed by atoms with Crippen LogP contribution in [0.1, 0.15) is 29.0 Å². The first-order chi connectivity index (χ1) is 9.90. The summed E-state index contributed by atoms with van der Waals surface area (Å²) >= 11 is 0. The molecule has 2 rings (SSSR count). The third-order valence-electron chi connectivity index (χ3n) is 3.40. The molecule has 0 radical (unpaired) electrons. The fraction of sp³-hybridized carbons (Fsp3) is 0.235. The molecule has 0 aliphatic heterocycles. The minimum atomic E-state index is -3.19. The van der Waals surface area contributed by atoms with Gasteiger partial charge in [0.2, 0.25) is 0 Å². The summed E-state index contributed by atoms with van der Waals surface area (Å²) in [6, 6.07) is 14.0. The lowest BCUT2D eigenvalue weighted by Gasteiger charge is -2.21. The molecule has 0 aromatic heterocycles. The van der Waals surface area contributed by atoms with E-state index in [1.165, 1.54) is 24.3 Å². The number of hydrogen-bond acceptors (Lipinski definition) is 1. The van der Waals surface area contributed by atoms with Crippen molar-refractivity contribution in [1.82, 2.24) is 0 Å². The molecule has 1 N–H and O–H groups in total. The monoisotopic (exact) mass is 290 g/mol. The van der Waals surface area contributed by atoms with E-state index in [1.807, 2.05) is 0 Å². The Morgan fingerprint density at radius 2 is 1.81 bits per heavy atom. The second-order valence-electron chi connectivity index (χ2n) is 5.08. The average molecular weight is 290 g/mol. The van der Waals surface area contributed by atoms with E-state index in [2.05, 4.69) is 0 Å². The van der Waals surface area contributed by atoms with Crippen molar-refractivity contribution in [2.75, 3.05) is 0 Å². The predicted octanol–water partition coefficient (Wildman–Crippen LogP) is 4.35. The number of rotatable bonds is 5. The zero-order valence-electron chi connectivity index (χ0n) is 11.6. The highest BCUT2D eigenvalue weighted by atomic mass is 19.3. The van der Waals surface area contributed by atoms with Crippen molar-refractivity contribution in [3.63, 3.8) is 0 Å². The highest BCUT2D eigenvalue weighted by Crippen LogP contribution is 2.38. The van der Waals surface area contributed by atoms with Gasteiger partial charge in [-0.2, -0.15) is 0 Å². The summed E-state index contributed by atoms with van der Waals surface area (Å²) in [5.74, 6) is -5.66. The minimum absolute atomic E-state index is 0.163. The number of alkyl halides is 2. The third kappa shape index (κ3) is 3.66. The summed E-state index contributed by atoms with van der Waals surface area (Å²) < 4.78 is 28.6. The Balaban J connectivity index is 2.31. The Labute approximate surface area is 122 Å². The Kier molecular flexibility index (Phi) is 4.36. The fourth-order valence-corrected chi connectivity index (χ4v) is 2.29. The van der Waals surface area contributed by atoms with Gasteiger partial charge in [-0.1, -0.05) is 60.2 Å². The van der Waals surface area contributed by atoms with Crippen molar-refractivity contribution in [2.24, 2.45) is 0 Å². The van der Waals surface area contributed by atoms with E-state index in [-0.39, 0.29) is 5.56 Å². The number of halogens is 2. The minimum Gasteiger partial charge on any atom is -0.481 e. The normalized spacial score (nSPS) is 12.9. The van der Waals surface area contributed by atoms with Gasteiger partial charge in [-0.15, -0.1) is 0 Å². The zero-order chi connectivity index (χ0) is 15.5. The molecule has 0 heterocycles. The molecular formula is C17H16F2O2. The van der Waals surface area contributed by atoms with Gasteiger partial charge in [-0.05, 0) is 12.5 Å². The van der Waals surface area contributed by atoms with Gasteiger partial charge in [0.05, 0.1) is 5.92 Å². The van der Waals surface area contributed by atoms with Crippen LogP contribution in [0.4, 0.5) is 8.78 Å². The Hall–Kier alpha value is -2.23. The number of aliphatic carboxylic acids is 1. The van der Waals surface area contributed by atoms with Crippen LogP contribution in [0.3, 0.4) is 0 Å². The van der Waals surface area contributed by atoms with Crippen LogP contribution in [0.2, 0.25) is 0 Å². The van der Waals surface area contributed by atoms with E-state index >= 15 is 0 Å². The number of carboxylic acid groups (broad SMARTS) is 1. The summed E-state index contributed by atoms with van der Waals surface area (Å²) in [5.41, 5.74) is 1.09.